The summed E-state index contributed by atoms with van der Waals surface area (Å²) in [7, 11) is 1.68. The number of hydrogen-bond donors (Lipinski definition) is 1. The fraction of sp³-hybridized carbons (Fsp3) is 1.00. The molecule has 18 heavy (non-hydrogen) atoms. The molecule has 0 aliphatic heterocycles. The van der Waals surface area contributed by atoms with Gasteiger partial charge in [0.25, 0.3) is 0 Å². The average molecular weight is 261 g/mol. The van der Waals surface area contributed by atoms with Gasteiger partial charge in [-0.25, -0.2) is 0 Å². The molecule has 0 rings (SSSR count). The van der Waals surface area contributed by atoms with Gasteiger partial charge in [0.05, 0.1) is 26.4 Å². The Balaban J connectivity index is 2.86. The van der Waals surface area contributed by atoms with E-state index in [1.54, 1.807) is 7.11 Å². The molecular formula is C14H31NO3. The van der Waals surface area contributed by atoms with Gasteiger partial charge in [0, 0.05) is 13.7 Å². The predicted molar refractivity (Wildman–Crippen MR) is 75.1 cm³/mol. The van der Waals surface area contributed by atoms with Crippen molar-refractivity contribution in [1.29, 1.82) is 0 Å². The molecule has 0 amide bonds. The van der Waals surface area contributed by atoms with E-state index in [0.29, 0.717) is 26.4 Å². The van der Waals surface area contributed by atoms with E-state index < -0.39 is 0 Å². The van der Waals surface area contributed by atoms with Crippen LogP contribution in [-0.4, -0.2) is 53.2 Å². The van der Waals surface area contributed by atoms with Crippen molar-refractivity contribution in [2.24, 2.45) is 0 Å². The molecule has 0 aromatic heterocycles. The minimum atomic E-state index is 0.657. The van der Waals surface area contributed by atoms with E-state index in [9.17, 15) is 0 Å². The zero-order chi connectivity index (χ0) is 13.3. The smallest absolute Gasteiger partial charge is 0.0701 e. The molecule has 0 aromatic rings. The van der Waals surface area contributed by atoms with Crippen LogP contribution in [0, 0.1) is 0 Å². The summed E-state index contributed by atoms with van der Waals surface area (Å²) >= 11 is 0. The third-order valence-corrected chi connectivity index (χ3v) is 2.62. The molecule has 0 fully saturated rings. The Morgan fingerprint density at radius 2 is 1.39 bits per heavy atom. The van der Waals surface area contributed by atoms with Crippen LogP contribution < -0.4 is 5.32 Å². The molecule has 0 saturated carbocycles. The van der Waals surface area contributed by atoms with Crippen molar-refractivity contribution in [3.05, 3.63) is 0 Å². The molecule has 0 saturated heterocycles. The van der Waals surface area contributed by atoms with Crippen molar-refractivity contribution in [2.45, 2.75) is 39.0 Å². The highest BCUT2D eigenvalue weighted by Crippen LogP contribution is 1.99. The number of rotatable bonds is 15. The first-order valence-corrected chi connectivity index (χ1v) is 7.27. The summed E-state index contributed by atoms with van der Waals surface area (Å²) in [5.41, 5.74) is 0. The topological polar surface area (TPSA) is 39.7 Å². The minimum Gasteiger partial charge on any atom is -0.382 e. The van der Waals surface area contributed by atoms with Gasteiger partial charge in [-0.05, 0) is 32.4 Å². The van der Waals surface area contributed by atoms with Gasteiger partial charge in [-0.15, -0.1) is 0 Å². The Labute approximate surface area is 112 Å². The lowest BCUT2D eigenvalue weighted by molar-refractivity contribution is 0.0239. The lowest BCUT2D eigenvalue weighted by Crippen LogP contribution is -2.15. The molecule has 4 heteroatoms. The molecule has 0 radical (unpaired) electrons. The predicted octanol–water partition coefficient (Wildman–Crippen LogP) is 2.23. The summed E-state index contributed by atoms with van der Waals surface area (Å²) in [6.45, 7) is 8.04. The highest BCUT2D eigenvalue weighted by atomic mass is 16.5. The van der Waals surface area contributed by atoms with E-state index in [2.05, 4.69) is 12.2 Å². The summed E-state index contributed by atoms with van der Waals surface area (Å²) < 4.78 is 15.7. The highest BCUT2D eigenvalue weighted by molar-refractivity contribution is 4.48. The summed E-state index contributed by atoms with van der Waals surface area (Å²) in [6.07, 6.45) is 6.22. The van der Waals surface area contributed by atoms with E-state index in [1.807, 2.05) is 0 Å². The molecule has 0 aliphatic rings. The van der Waals surface area contributed by atoms with E-state index in [1.165, 1.54) is 25.7 Å². The van der Waals surface area contributed by atoms with Gasteiger partial charge in [0.15, 0.2) is 0 Å². The molecule has 0 unspecified atom stereocenters. The monoisotopic (exact) mass is 261 g/mol. The molecule has 0 heterocycles. The maximum atomic E-state index is 5.48. The summed E-state index contributed by atoms with van der Waals surface area (Å²) in [4.78, 5) is 0. The van der Waals surface area contributed by atoms with Crippen LogP contribution in [0.3, 0.4) is 0 Å². The molecule has 4 nitrogen and oxygen atoms in total. The first-order valence-electron chi connectivity index (χ1n) is 7.27. The van der Waals surface area contributed by atoms with Crippen LogP contribution in [0.15, 0.2) is 0 Å². The van der Waals surface area contributed by atoms with Gasteiger partial charge in [-0.1, -0.05) is 19.8 Å². The van der Waals surface area contributed by atoms with E-state index in [-0.39, 0.29) is 0 Å². The Hall–Kier alpha value is -0.160. The SMILES string of the molecule is CCCNCCCCCCOCCOCCOC. The van der Waals surface area contributed by atoms with Crippen molar-refractivity contribution < 1.29 is 14.2 Å². The fourth-order valence-electron chi connectivity index (χ4n) is 1.57. The third kappa shape index (κ3) is 15.8. The first kappa shape index (κ1) is 17.8. The highest BCUT2D eigenvalue weighted by Gasteiger charge is 1.92. The zero-order valence-electron chi connectivity index (χ0n) is 12.2. The van der Waals surface area contributed by atoms with Gasteiger partial charge in [-0.2, -0.15) is 0 Å². The van der Waals surface area contributed by atoms with Gasteiger partial charge in [0.2, 0.25) is 0 Å². The Morgan fingerprint density at radius 1 is 0.722 bits per heavy atom. The van der Waals surface area contributed by atoms with Crippen molar-refractivity contribution in [1.82, 2.24) is 5.32 Å². The van der Waals surface area contributed by atoms with Crippen LogP contribution in [0.25, 0.3) is 0 Å². The Kier molecular flexibility index (Phi) is 16.7. The third-order valence-electron chi connectivity index (χ3n) is 2.62. The maximum Gasteiger partial charge on any atom is 0.0701 e. The van der Waals surface area contributed by atoms with Gasteiger partial charge in [-0.3, -0.25) is 0 Å². The van der Waals surface area contributed by atoms with Crippen LogP contribution in [0.2, 0.25) is 0 Å². The zero-order valence-corrected chi connectivity index (χ0v) is 12.2. The summed E-state index contributed by atoms with van der Waals surface area (Å²) in [5, 5.41) is 3.41. The summed E-state index contributed by atoms with van der Waals surface area (Å²) in [6, 6.07) is 0. The van der Waals surface area contributed by atoms with Gasteiger partial charge >= 0.3 is 0 Å². The second kappa shape index (κ2) is 16.8. The van der Waals surface area contributed by atoms with Crippen molar-refractivity contribution in [2.75, 3.05) is 53.2 Å². The number of unbranched alkanes of at least 4 members (excludes halogenated alkanes) is 3. The molecular weight excluding hydrogens is 230 g/mol. The van der Waals surface area contributed by atoms with Crippen LogP contribution >= 0.6 is 0 Å². The molecule has 0 bridgehead atoms. The standard InChI is InChI=1S/C14H31NO3/c1-3-8-15-9-6-4-5-7-10-17-13-14-18-12-11-16-2/h15H,3-14H2,1-2H3. The molecule has 0 atom stereocenters. The lowest BCUT2D eigenvalue weighted by Gasteiger charge is -2.06. The lowest BCUT2D eigenvalue weighted by atomic mass is 10.2. The van der Waals surface area contributed by atoms with E-state index in [0.717, 1.165) is 26.1 Å². The number of nitrogens with one attached hydrogen (secondary N) is 1. The maximum absolute atomic E-state index is 5.48. The number of ether oxygens (including phenoxy) is 3. The van der Waals surface area contributed by atoms with Crippen LogP contribution in [0.5, 0.6) is 0 Å². The quantitative estimate of drug-likeness (QED) is 0.459. The van der Waals surface area contributed by atoms with Crippen molar-refractivity contribution in [3.8, 4) is 0 Å². The van der Waals surface area contributed by atoms with Crippen molar-refractivity contribution in [3.63, 3.8) is 0 Å². The minimum absolute atomic E-state index is 0.657. The molecule has 1 N–H and O–H groups in total. The van der Waals surface area contributed by atoms with Crippen LogP contribution in [0.4, 0.5) is 0 Å². The largest absolute Gasteiger partial charge is 0.382 e. The number of hydrogen-bond acceptors (Lipinski definition) is 4. The number of methoxy groups -OCH3 is 1. The van der Waals surface area contributed by atoms with Crippen LogP contribution in [0.1, 0.15) is 39.0 Å². The molecule has 0 spiro atoms. The van der Waals surface area contributed by atoms with Gasteiger partial charge < -0.3 is 19.5 Å². The fourth-order valence-corrected chi connectivity index (χ4v) is 1.57. The normalized spacial score (nSPS) is 11.0. The van der Waals surface area contributed by atoms with Crippen LogP contribution in [-0.2, 0) is 14.2 Å². The van der Waals surface area contributed by atoms with E-state index in [4.69, 9.17) is 14.2 Å². The second-order valence-electron chi connectivity index (χ2n) is 4.38. The van der Waals surface area contributed by atoms with Crippen molar-refractivity contribution >= 4 is 0 Å². The van der Waals surface area contributed by atoms with Gasteiger partial charge in [0.1, 0.15) is 0 Å². The van der Waals surface area contributed by atoms with E-state index >= 15 is 0 Å². The first-order chi connectivity index (χ1) is 8.91. The summed E-state index contributed by atoms with van der Waals surface area (Å²) in [5.74, 6) is 0. The molecule has 110 valence electrons. The second-order valence-corrected chi connectivity index (χ2v) is 4.38. The molecule has 0 aromatic carbocycles. The Morgan fingerprint density at radius 3 is 2.11 bits per heavy atom. The molecule has 0 aliphatic carbocycles. The Bertz CT molecular complexity index is 129. The average Bonchev–Trinajstić information content (AvgIpc) is 2.39.